The van der Waals surface area contributed by atoms with Crippen molar-refractivity contribution in [3.63, 3.8) is 0 Å². The fourth-order valence-electron chi connectivity index (χ4n) is 6.67. The van der Waals surface area contributed by atoms with Gasteiger partial charge in [0.2, 0.25) is 5.91 Å². The Bertz CT molecular complexity index is 1580. The van der Waals surface area contributed by atoms with Crippen molar-refractivity contribution in [2.45, 2.75) is 83.0 Å². The standard InChI is InChI=1S/C40H54N2O8Si/c1-46-36-14-6-5-10-32(36)27-47-22-9-23-49-34-18-16-30(17-19-34)35-20-21-41(40(44)45)26-37(35)50-28-33-13-7-11-31-12-8-15-38(43)42(39(31)33)29-48-24-25-51(2,3)4/h5-7,10-11,13-14,16-19,35,37H,8-9,12,15,20-29H2,1-4H3,(H,44,45). The molecule has 276 valence electrons. The molecule has 1 saturated heterocycles. The fraction of sp³-hybridized carbons (Fsp3) is 0.500. The molecule has 0 saturated carbocycles. The number of ether oxygens (including phenoxy) is 5. The first-order valence-corrected chi connectivity index (χ1v) is 21.8. The number of anilines is 1. The third kappa shape index (κ3) is 11.0. The Hall–Kier alpha value is -3.90. The van der Waals surface area contributed by atoms with E-state index in [1.165, 1.54) is 4.90 Å². The Morgan fingerprint density at radius 1 is 0.902 bits per heavy atom. The summed E-state index contributed by atoms with van der Waals surface area (Å²) < 4.78 is 29.9. The molecular formula is C40H54N2O8Si. The lowest BCUT2D eigenvalue weighted by atomic mass is 9.87. The zero-order valence-electron chi connectivity index (χ0n) is 30.6. The van der Waals surface area contributed by atoms with Crippen molar-refractivity contribution < 1.29 is 38.4 Å². The van der Waals surface area contributed by atoms with Crippen molar-refractivity contribution in [2.75, 3.05) is 51.7 Å². The van der Waals surface area contributed by atoms with Crippen LogP contribution in [0.2, 0.25) is 25.7 Å². The number of carbonyl (C=O) groups is 2. The molecule has 2 atom stereocenters. The molecule has 51 heavy (non-hydrogen) atoms. The summed E-state index contributed by atoms with van der Waals surface area (Å²) in [5.41, 5.74) is 5.00. The summed E-state index contributed by atoms with van der Waals surface area (Å²) in [6, 6.07) is 23.0. The highest BCUT2D eigenvalue weighted by atomic mass is 28.3. The van der Waals surface area contributed by atoms with Crippen molar-refractivity contribution in [3.8, 4) is 11.5 Å². The van der Waals surface area contributed by atoms with Crippen molar-refractivity contribution >= 4 is 25.8 Å². The van der Waals surface area contributed by atoms with Gasteiger partial charge in [-0.25, -0.2) is 4.79 Å². The van der Waals surface area contributed by atoms with E-state index in [0.717, 1.165) is 64.7 Å². The monoisotopic (exact) mass is 718 g/mol. The smallest absolute Gasteiger partial charge is 0.407 e. The molecule has 2 aliphatic rings. The minimum atomic E-state index is -1.27. The lowest BCUT2D eigenvalue weighted by molar-refractivity contribution is -0.119. The normalized spacial score (nSPS) is 17.9. The number of carbonyl (C=O) groups excluding carboxylic acids is 1. The second-order valence-electron chi connectivity index (χ2n) is 14.6. The maximum Gasteiger partial charge on any atom is 0.407 e. The maximum atomic E-state index is 13.3. The van der Waals surface area contributed by atoms with Crippen LogP contribution in [0.5, 0.6) is 11.5 Å². The number of likely N-dealkylation sites (tertiary alicyclic amines) is 1. The van der Waals surface area contributed by atoms with Gasteiger partial charge in [-0.2, -0.15) is 0 Å². The van der Waals surface area contributed by atoms with Gasteiger partial charge in [0.05, 0.1) is 51.9 Å². The van der Waals surface area contributed by atoms with Gasteiger partial charge < -0.3 is 33.7 Å². The van der Waals surface area contributed by atoms with E-state index < -0.39 is 14.2 Å². The summed E-state index contributed by atoms with van der Waals surface area (Å²) in [5, 5.41) is 9.84. The van der Waals surface area contributed by atoms with Crippen LogP contribution in [-0.2, 0) is 38.6 Å². The van der Waals surface area contributed by atoms with Gasteiger partial charge in [0.25, 0.3) is 0 Å². The Morgan fingerprint density at radius 3 is 2.45 bits per heavy atom. The van der Waals surface area contributed by atoms with E-state index in [4.69, 9.17) is 23.7 Å². The molecule has 3 aromatic rings. The quantitative estimate of drug-likeness (QED) is 0.112. The molecule has 1 fully saturated rings. The summed E-state index contributed by atoms with van der Waals surface area (Å²) in [6.07, 6.45) is 2.16. The number of fused-ring (bicyclic) bond motifs is 1. The topological polar surface area (TPSA) is 107 Å². The number of amides is 2. The number of carboxylic acid groups (broad SMARTS) is 1. The Morgan fingerprint density at radius 2 is 1.69 bits per heavy atom. The van der Waals surface area contributed by atoms with E-state index in [0.29, 0.717) is 45.8 Å². The average Bonchev–Trinajstić information content (AvgIpc) is 3.28. The summed E-state index contributed by atoms with van der Waals surface area (Å²) in [6.45, 7) is 10.3. The molecule has 0 radical (unpaired) electrons. The van der Waals surface area contributed by atoms with Gasteiger partial charge in [0, 0.05) is 51.1 Å². The largest absolute Gasteiger partial charge is 0.496 e. The average molecular weight is 719 g/mol. The highest BCUT2D eigenvalue weighted by Crippen LogP contribution is 2.35. The second-order valence-corrected chi connectivity index (χ2v) is 20.2. The molecule has 0 aliphatic carbocycles. The van der Waals surface area contributed by atoms with Crippen LogP contribution < -0.4 is 14.4 Å². The number of hydrogen-bond acceptors (Lipinski definition) is 7. The Balaban J connectivity index is 1.20. The summed E-state index contributed by atoms with van der Waals surface area (Å²) in [7, 11) is 0.390. The number of para-hydroxylation sites is 2. The zero-order chi connectivity index (χ0) is 36.2. The van der Waals surface area contributed by atoms with Crippen LogP contribution in [0, 0.1) is 0 Å². The minimum Gasteiger partial charge on any atom is -0.496 e. The highest BCUT2D eigenvalue weighted by Gasteiger charge is 2.34. The summed E-state index contributed by atoms with van der Waals surface area (Å²) >= 11 is 0. The lowest BCUT2D eigenvalue weighted by Gasteiger charge is -2.37. The molecule has 11 heteroatoms. The lowest BCUT2D eigenvalue weighted by Crippen LogP contribution is -2.46. The van der Waals surface area contributed by atoms with Gasteiger partial charge in [0.15, 0.2) is 0 Å². The number of hydrogen-bond donors (Lipinski definition) is 1. The number of nitrogens with zero attached hydrogens (tertiary/aromatic N) is 2. The number of aryl methyl sites for hydroxylation is 1. The summed E-state index contributed by atoms with van der Waals surface area (Å²) in [5.74, 6) is 1.65. The Labute approximate surface area is 303 Å². The predicted octanol–water partition coefficient (Wildman–Crippen LogP) is 7.72. The first kappa shape index (κ1) is 38.3. The van der Waals surface area contributed by atoms with Crippen molar-refractivity contribution in [1.82, 2.24) is 4.90 Å². The van der Waals surface area contributed by atoms with Crippen molar-refractivity contribution in [3.05, 3.63) is 89.0 Å². The minimum absolute atomic E-state index is 0.00276. The van der Waals surface area contributed by atoms with Crippen LogP contribution in [0.4, 0.5) is 10.5 Å². The molecule has 3 aromatic carbocycles. The van der Waals surface area contributed by atoms with Crippen LogP contribution in [0.25, 0.3) is 0 Å². The van der Waals surface area contributed by atoms with Gasteiger partial charge >= 0.3 is 6.09 Å². The zero-order valence-corrected chi connectivity index (χ0v) is 31.6. The third-order valence-electron chi connectivity index (χ3n) is 9.57. The van der Waals surface area contributed by atoms with Crippen LogP contribution in [-0.4, -0.2) is 82.9 Å². The van der Waals surface area contributed by atoms with Gasteiger partial charge in [-0.05, 0) is 54.6 Å². The van der Waals surface area contributed by atoms with Gasteiger partial charge in [0.1, 0.15) is 18.2 Å². The molecule has 2 unspecified atom stereocenters. The molecule has 2 amide bonds. The van der Waals surface area contributed by atoms with Gasteiger partial charge in [-0.1, -0.05) is 68.2 Å². The SMILES string of the molecule is COc1ccccc1COCCCOc1ccc(C2CCN(C(=O)O)CC2OCc2cccc3c2N(COCC[Si](C)(C)C)C(=O)CCC3)cc1. The Kier molecular flexibility index (Phi) is 13.9. The number of rotatable bonds is 17. The van der Waals surface area contributed by atoms with Crippen LogP contribution in [0.1, 0.15) is 53.9 Å². The molecule has 2 aliphatic heterocycles. The maximum absolute atomic E-state index is 13.3. The predicted molar refractivity (Wildman–Crippen MR) is 201 cm³/mol. The molecule has 10 nitrogen and oxygen atoms in total. The van der Waals surface area contributed by atoms with Crippen LogP contribution >= 0.6 is 0 Å². The van der Waals surface area contributed by atoms with Crippen LogP contribution in [0.3, 0.4) is 0 Å². The highest BCUT2D eigenvalue weighted by molar-refractivity contribution is 6.76. The fourth-order valence-corrected chi connectivity index (χ4v) is 7.43. The molecule has 0 spiro atoms. The number of methoxy groups -OCH3 is 1. The molecular weight excluding hydrogens is 665 g/mol. The molecule has 5 rings (SSSR count). The third-order valence-corrected chi connectivity index (χ3v) is 11.3. The first-order valence-electron chi connectivity index (χ1n) is 18.1. The van der Waals surface area contributed by atoms with Crippen LogP contribution in [0.15, 0.2) is 66.7 Å². The van der Waals surface area contributed by atoms with Crippen molar-refractivity contribution in [1.29, 1.82) is 0 Å². The molecule has 1 N–H and O–H groups in total. The first-order chi connectivity index (χ1) is 24.6. The van der Waals surface area contributed by atoms with E-state index in [1.54, 1.807) is 12.0 Å². The van der Waals surface area contributed by atoms with E-state index in [9.17, 15) is 14.7 Å². The molecule has 0 bridgehead atoms. The van der Waals surface area contributed by atoms with E-state index in [2.05, 4.69) is 37.8 Å². The van der Waals surface area contributed by atoms with E-state index in [1.807, 2.05) is 48.5 Å². The van der Waals surface area contributed by atoms with Crippen molar-refractivity contribution in [2.24, 2.45) is 0 Å². The van der Waals surface area contributed by atoms with Gasteiger partial charge in [-0.3, -0.25) is 9.69 Å². The van der Waals surface area contributed by atoms with Gasteiger partial charge in [-0.15, -0.1) is 0 Å². The summed E-state index contributed by atoms with van der Waals surface area (Å²) in [4.78, 5) is 28.5. The number of benzene rings is 3. The molecule has 0 aromatic heterocycles. The van der Waals surface area contributed by atoms with E-state index in [-0.39, 0.29) is 37.8 Å². The second kappa shape index (κ2) is 18.5. The van der Waals surface area contributed by atoms with E-state index >= 15 is 0 Å². The molecule has 2 heterocycles. The number of piperidine rings is 1.